The van der Waals surface area contributed by atoms with Gasteiger partial charge < -0.3 is 10.1 Å². The summed E-state index contributed by atoms with van der Waals surface area (Å²) in [4.78, 5) is 20.3. The van der Waals surface area contributed by atoms with Crippen LogP contribution in [0.2, 0.25) is 0 Å². The number of fused-ring (bicyclic) bond motifs is 2. The lowest BCUT2D eigenvalue weighted by Crippen LogP contribution is -2.43. The van der Waals surface area contributed by atoms with Crippen LogP contribution in [-0.4, -0.2) is 18.0 Å². The standard InChI is InChI=1S/C30H25N3O2S2/c1-19-11-14-22(15-12-19)33-28(31-24-8-4-3-7-23(24)29(33)34)20-13-16-26(35-2)21(17-20)18-36-30-32-25-9-5-6-10-27(25)37-30/h3-17,28,31H,18H2,1-2H3. The average Bonchev–Trinajstić information content (AvgIpc) is 3.35. The first-order valence-electron chi connectivity index (χ1n) is 12.0. The van der Waals surface area contributed by atoms with E-state index in [4.69, 9.17) is 9.72 Å². The number of para-hydroxylation sites is 2. The van der Waals surface area contributed by atoms with Crippen molar-refractivity contribution in [2.24, 2.45) is 0 Å². The Morgan fingerprint density at radius 1 is 1.00 bits per heavy atom. The zero-order valence-electron chi connectivity index (χ0n) is 20.5. The van der Waals surface area contributed by atoms with Gasteiger partial charge in [-0.1, -0.05) is 59.8 Å². The summed E-state index contributed by atoms with van der Waals surface area (Å²) < 4.78 is 7.91. The van der Waals surface area contributed by atoms with Gasteiger partial charge in [-0.25, -0.2) is 4.98 Å². The molecule has 1 N–H and O–H groups in total. The number of aromatic nitrogens is 1. The van der Waals surface area contributed by atoms with Crippen molar-refractivity contribution < 1.29 is 9.53 Å². The summed E-state index contributed by atoms with van der Waals surface area (Å²) >= 11 is 3.40. The third kappa shape index (κ3) is 4.56. The molecule has 1 aliphatic heterocycles. The SMILES string of the molecule is COc1ccc(C2Nc3ccccc3C(=O)N2c2ccc(C)cc2)cc1CSc1nc2ccccc2s1. The number of nitrogens with zero attached hydrogens (tertiary/aromatic N) is 2. The molecule has 2 heterocycles. The van der Waals surface area contributed by atoms with E-state index in [-0.39, 0.29) is 12.1 Å². The number of carbonyl (C=O) groups is 1. The van der Waals surface area contributed by atoms with E-state index in [0.29, 0.717) is 11.3 Å². The number of hydrogen-bond acceptors (Lipinski definition) is 6. The van der Waals surface area contributed by atoms with E-state index in [1.54, 1.807) is 30.2 Å². The number of benzene rings is 4. The smallest absolute Gasteiger partial charge is 0.262 e. The van der Waals surface area contributed by atoms with Gasteiger partial charge in [-0.05, 0) is 61.0 Å². The van der Waals surface area contributed by atoms with Crippen LogP contribution in [0.3, 0.4) is 0 Å². The predicted octanol–water partition coefficient (Wildman–Crippen LogP) is 7.68. The summed E-state index contributed by atoms with van der Waals surface area (Å²) in [6.45, 7) is 2.05. The van der Waals surface area contributed by atoms with Gasteiger partial charge in [-0.2, -0.15) is 0 Å². The van der Waals surface area contributed by atoms with Gasteiger partial charge in [0.1, 0.15) is 11.9 Å². The molecule has 4 aromatic carbocycles. The molecule has 1 aliphatic rings. The van der Waals surface area contributed by atoms with Crippen molar-refractivity contribution in [3.8, 4) is 5.75 Å². The van der Waals surface area contributed by atoms with E-state index >= 15 is 0 Å². The molecule has 1 atom stereocenters. The van der Waals surface area contributed by atoms with Crippen molar-refractivity contribution in [2.75, 3.05) is 17.3 Å². The Kier molecular flexibility index (Phi) is 6.32. The van der Waals surface area contributed by atoms with Gasteiger partial charge in [0.05, 0.1) is 22.9 Å². The van der Waals surface area contributed by atoms with Crippen LogP contribution in [0.25, 0.3) is 10.2 Å². The second-order valence-electron chi connectivity index (χ2n) is 8.91. The minimum atomic E-state index is -0.359. The Morgan fingerprint density at radius 3 is 2.59 bits per heavy atom. The maximum atomic E-state index is 13.7. The van der Waals surface area contributed by atoms with Crippen molar-refractivity contribution in [3.05, 3.63) is 113 Å². The number of rotatable bonds is 6. The molecular formula is C30H25N3O2S2. The molecule has 0 fully saturated rings. The normalized spacial score (nSPS) is 14.9. The van der Waals surface area contributed by atoms with E-state index < -0.39 is 0 Å². The molecule has 1 amide bonds. The average molecular weight is 524 g/mol. The minimum absolute atomic E-state index is 0.0237. The van der Waals surface area contributed by atoms with E-state index in [1.165, 1.54) is 4.70 Å². The third-order valence-electron chi connectivity index (χ3n) is 6.48. The Hall–Kier alpha value is -3.81. The number of carbonyl (C=O) groups excluding carboxylic acids is 1. The van der Waals surface area contributed by atoms with Crippen LogP contribution < -0.4 is 15.0 Å². The molecule has 0 saturated heterocycles. The highest BCUT2D eigenvalue weighted by molar-refractivity contribution is 8.00. The molecule has 7 heteroatoms. The molecule has 5 nitrogen and oxygen atoms in total. The molecular weight excluding hydrogens is 498 g/mol. The summed E-state index contributed by atoms with van der Waals surface area (Å²) in [6, 6.07) is 30.1. The van der Waals surface area contributed by atoms with Crippen LogP contribution >= 0.6 is 23.1 Å². The van der Waals surface area contributed by atoms with E-state index in [2.05, 4.69) is 17.4 Å². The van der Waals surface area contributed by atoms with Crippen molar-refractivity contribution in [1.29, 1.82) is 0 Å². The summed E-state index contributed by atoms with van der Waals surface area (Å²) in [7, 11) is 1.69. The maximum absolute atomic E-state index is 13.7. The zero-order valence-corrected chi connectivity index (χ0v) is 22.1. The highest BCUT2D eigenvalue weighted by atomic mass is 32.2. The highest BCUT2D eigenvalue weighted by Gasteiger charge is 2.34. The fourth-order valence-electron chi connectivity index (χ4n) is 4.59. The van der Waals surface area contributed by atoms with E-state index in [1.807, 2.05) is 90.7 Å². The van der Waals surface area contributed by atoms with Gasteiger partial charge in [0.2, 0.25) is 0 Å². The summed E-state index contributed by atoms with van der Waals surface area (Å²) in [5.41, 5.74) is 6.57. The first-order chi connectivity index (χ1) is 18.1. The lowest BCUT2D eigenvalue weighted by Gasteiger charge is -2.38. The summed E-state index contributed by atoms with van der Waals surface area (Å²) in [5, 5.41) is 3.61. The third-order valence-corrected chi connectivity index (χ3v) is 8.71. The van der Waals surface area contributed by atoms with Crippen LogP contribution in [-0.2, 0) is 5.75 Å². The second-order valence-corrected chi connectivity index (χ2v) is 11.2. The molecule has 0 saturated carbocycles. The van der Waals surface area contributed by atoms with Crippen molar-refractivity contribution in [2.45, 2.75) is 23.2 Å². The number of aryl methyl sites for hydroxylation is 1. The fraction of sp³-hybridized carbons (Fsp3) is 0.133. The van der Waals surface area contributed by atoms with Crippen LogP contribution in [0.15, 0.2) is 95.3 Å². The number of ether oxygens (including phenoxy) is 1. The van der Waals surface area contributed by atoms with Gasteiger partial charge in [0, 0.05) is 22.7 Å². The topological polar surface area (TPSA) is 54.5 Å². The van der Waals surface area contributed by atoms with Gasteiger partial charge in [-0.3, -0.25) is 9.69 Å². The molecule has 0 aliphatic carbocycles. The first-order valence-corrected chi connectivity index (χ1v) is 13.8. The quantitative estimate of drug-likeness (QED) is 0.231. The fourth-order valence-corrected chi connectivity index (χ4v) is 6.64. The number of anilines is 2. The van der Waals surface area contributed by atoms with E-state index in [9.17, 15) is 4.79 Å². The predicted molar refractivity (Wildman–Crippen MR) is 153 cm³/mol. The molecule has 0 radical (unpaired) electrons. The van der Waals surface area contributed by atoms with Crippen molar-refractivity contribution in [1.82, 2.24) is 4.98 Å². The van der Waals surface area contributed by atoms with Crippen LogP contribution in [0.4, 0.5) is 11.4 Å². The number of thioether (sulfide) groups is 1. The van der Waals surface area contributed by atoms with Crippen molar-refractivity contribution >= 4 is 50.6 Å². The Labute approximate surface area is 224 Å². The molecule has 37 heavy (non-hydrogen) atoms. The van der Waals surface area contributed by atoms with Gasteiger partial charge in [-0.15, -0.1) is 11.3 Å². The summed E-state index contributed by atoms with van der Waals surface area (Å²) in [6.07, 6.45) is -0.359. The number of methoxy groups -OCH3 is 1. The van der Waals surface area contributed by atoms with E-state index in [0.717, 1.165) is 43.7 Å². The zero-order chi connectivity index (χ0) is 25.4. The number of hydrogen-bond donors (Lipinski definition) is 1. The molecule has 6 rings (SSSR count). The lowest BCUT2D eigenvalue weighted by molar-refractivity contribution is 0.0975. The maximum Gasteiger partial charge on any atom is 0.262 e. The van der Waals surface area contributed by atoms with Crippen LogP contribution in [0.5, 0.6) is 5.75 Å². The van der Waals surface area contributed by atoms with Gasteiger partial charge in [0.15, 0.2) is 4.34 Å². The molecule has 0 spiro atoms. The van der Waals surface area contributed by atoms with Gasteiger partial charge in [0.25, 0.3) is 5.91 Å². The molecule has 1 aromatic heterocycles. The van der Waals surface area contributed by atoms with Crippen LogP contribution in [0, 0.1) is 6.92 Å². The first kappa shape index (κ1) is 23.6. The highest BCUT2D eigenvalue weighted by Crippen LogP contribution is 2.39. The Bertz CT molecular complexity index is 1560. The number of amides is 1. The Balaban J connectivity index is 1.36. The number of nitrogens with one attached hydrogen (secondary N) is 1. The largest absolute Gasteiger partial charge is 0.496 e. The number of thiazole rings is 1. The lowest BCUT2D eigenvalue weighted by atomic mass is 10.0. The summed E-state index contributed by atoms with van der Waals surface area (Å²) in [5.74, 6) is 1.50. The molecule has 5 aromatic rings. The Morgan fingerprint density at radius 2 is 1.78 bits per heavy atom. The molecule has 184 valence electrons. The van der Waals surface area contributed by atoms with Gasteiger partial charge >= 0.3 is 0 Å². The monoisotopic (exact) mass is 523 g/mol. The molecule has 1 unspecified atom stereocenters. The molecule has 0 bridgehead atoms. The van der Waals surface area contributed by atoms with Crippen molar-refractivity contribution in [3.63, 3.8) is 0 Å². The minimum Gasteiger partial charge on any atom is -0.496 e. The second kappa shape index (κ2) is 9.92. The van der Waals surface area contributed by atoms with Crippen LogP contribution in [0.1, 0.15) is 33.2 Å².